The highest BCUT2D eigenvalue weighted by atomic mass is 15.1. The van der Waals surface area contributed by atoms with Gasteiger partial charge in [0.05, 0.1) is 11.0 Å². The van der Waals surface area contributed by atoms with Crippen molar-refractivity contribution in [2.45, 2.75) is 19.3 Å². The van der Waals surface area contributed by atoms with Crippen LogP contribution in [0.25, 0.3) is 72.0 Å². The maximum atomic E-state index is 2.40. The van der Waals surface area contributed by atoms with Crippen LogP contribution in [0.4, 0.5) is 17.1 Å². The Morgan fingerprint density at radius 3 is 1.46 bits per heavy atom. The second-order valence-electron chi connectivity index (χ2n) is 16.2. The zero-order valence-corrected chi connectivity index (χ0v) is 33.2. The zero-order valence-electron chi connectivity index (χ0n) is 33.2. The molecule has 1 aromatic heterocycles. The lowest BCUT2D eigenvalue weighted by molar-refractivity contribution is 0.660. The monoisotopic (exact) mass is 754 g/mol. The van der Waals surface area contributed by atoms with Crippen LogP contribution in [0.15, 0.2) is 218 Å². The standard InChI is InChI=1S/C57H42N2/c1-57(2)53-19-11-9-17-49(53)50-35-27-44(38-54(50)57)42-25-33-48(34-26-42)58(46-29-21-40(22-30-46)39-13-5-3-6-14-39)47-31-23-41(24-32-47)43-28-36-56-52(37-43)51-18-10-12-20-55(51)59(56)45-15-7-4-8-16-45/h3-38H,1-2H3. The molecule has 1 heterocycles. The summed E-state index contributed by atoms with van der Waals surface area (Å²) in [5.74, 6) is 0. The van der Waals surface area contributed by atoms with Gasteiger partial charge in [0, 0.05) is 38.9 Å². The van der Waals surface area contributed by atoms with Gasteiger partial charge in [0.25, 0.3) is 0 Å². The van der Waals surface area contributed by atoms with E-state index in [1.165, 1.54) is 83.1 Å². The first-order valence-electron chi connectivity index (χ1n) is 20.5. The van der Waals surface area contributed by atoms with E-state index in [-0.39, 0.29) is 5.41 Å². The Hall–Kier alpha value is -7.42. The highest BCUT2D eigenvalue weighted by molar-refractivity contribution is 6.10. The molecule has 0 spiro atoms. The van der Waals surface area contributed by atoms with Crippen molar-refractivity contribution < 1.29 is 0 Å². The molecule has 11 rings (SSSR count). The summed E-state index contributed by atoms with van der Waals surface area (Å²) < 4.78 is 2.37. The molecule has 0 saturated heterocycles. The molecule has 1 aliphatic rings. The lowest BCUT2D eigenvalue weighted by Gasteiger charge is -2.26. The number of hydrogen-bond acceptors (Lipinski definition) is 1. The summed E-state index contributed by atoms with van der Waals surface area (Å²) in [6.45, 7) is 4.69. The third kappa shape index (κ3) is 5.87. The Bertz CT molecular complexity index is 3140. The van der Waals surface area contributed by atoms with E-state index in [2.05, 4.69) is 242 Å². The molecule has 280 valence electrons. The minimum Gasteiger partial charge on any atom is -0.311 e. The molecule has 0 aliphatic heterocycles. The predicted octanol–water partition coefficient (Wildman–Crippen LogP) is 15.6. The van der Waals surface area contributed by atoms with Crippen LogP contribution in [0.5, 0.6) is 0 Å². The second-order valence-corrected chi connectivity index (χ2v) is 16.2. The van der Waals surface area contributed by atoms with E-state index < -0.39 is 0 Å². The summed E-state index contributed by atoms with van der Waals surface area (Å²) in [4.78, 5) is 2.36. The van der Waals surface area contributed by atoms with Gasteiger partial charge in [0.1, 0.15) is 0 Å². The molecular formula is C57H42N2. The molecule has 2 nitrogen and oxygen atoms in total. The van der Waals surface area contributed by atoms with Gasteiger partial charge in [-0.25, -0.2) is 0 Å². The quantitative estimate of drug-likeness (QED) is 0.157. The van der Waals surface area contributed by atoms with Crippen molar-refractivity contribution in [1.29, 1.82) is 0 Å². The van der Waals surface area contributed by atoms with Gasteiger partial charge in [0.15, 0.2) is 0 Å². The van der Waals surface area contributed by atoms with Gasteiger partial charge in [0.2, 0.25) is 0 Å². The first kappa shape index (κ1) is 34.8. The van der Waals surface area contributed by atoms with Crippen molar-refractivity contribution in [1.82, 2.24) is 4.57 Å². The Morgan fingerprint density at radius 1 is 0.339 bits per heavy atom. The summed E-state index contributed by atoms with van der Waals surface area (Å²) >= 11 is 0. The molecule has 9 aromatic carbocycles. The normalized spacial score (nSPS) is 12.7. The van der Waals surface area contributed by atoms with Gasteiger partial charge in [-0.1, -0.05) is 159 Å². The number of fused-ring (bicyclic) bond motifs is 6. The topological polar surface area (TPSA) is 8.17 Å². The summed E-state index contributed by atoms with van der Waals surface area (Å²) in [5, 5.41) is 2.51. The van der Waals surface area contributed by atoms with E-state index in [0.29, 0.717) is 0 Å². The number of hydrogen-bond donors (Lipinski definition) is 0. The molecule has 0 fully saturated rings. The van der Waals surface area contributed by atoms with E-state index in [9.17, 15) is 0 Å². The predicted molar refractivity (Wildman–Crippen MR) is 249 cm³/mol. The van der Waals surface area contributed by atoms with Crippen LogP contribution < -0.4 is 4.90 Å². The molecule has 2 heteroatoms. The fourth-order valence-corrected chi connectivity index (χ4v) is 9.38. The van der Waals surface area contributed by atoms with Gasteiger partial charge in [-0.2, -0.15) is 0 Å². The summed E-state index contributed by atoms with van der Waals surface area (Å²) in [5.41, 5.74) is 19.6. The Kier molecular flexibility index (Phi) is 8.20. The molecule has 0 bridgehead atoms. The number of para-hydroxylation sites is 2. The summed E-state index contributed by atoms with van der Waals surface area (Å²) in [6, 6.07) is 79.7. The van der Waals surface area contributed by atoms with Crippen molar-refractivity contribution in [2.75, 3.05) is 4.90 Å². The SMILES string of the molecule is CC1(C)c2ccccc2-c2ccc(-c3ccc(N(c4ccc(-c5ccccc5)cc4)c4ccc(-c5ccc6c(c5)c5ccccc5n6-c5ccccc5)cc4)cc3)cc21. The first-order valence-corrected chi connectivity index (χ1v) is 20.5. The van der Waals surface area contributed by atoms with Crippen molar-refractivity contribution in [3.63, 3.8) is 0 Å². The lowest BCUT2D eigenvalue weighted by atomic mass is 9.81. The van der Waals surface area contributed by atoms with Gasteiger partial charge in [-0.15, -0.1) is 0 Å². The van der Waals surface area contributed by atoms with E-state index in [4.69, 9.17) is 0 Å². The number of benzene rings is 9. The lowest BCUT2D eigenvalue weighted by Crippen LogP contribution is -2.14. The van der Waals surface area contributed by atoms with E-state index in [1.54, 1.807) is 0 Å². The number of anilines is 3. The molecular weight excluding hydrogens is 713 g/mol. The summed E-state index contributed by atoms with van der Waals surface area (Å²) in [7, 11) is 0. The number of nitrogens with zero attached hydrogens (tertiary/aromatic N) is 2. The molecule has 1 aliphatic carbocycles. The fourth-order valence-electron chi connectivity index (χ4n) is 9.38. The van der Waals surface area contributed by atoms with Crippen molar-refractivity contribution in [3.05, 3.63) is 230 Å². The van der Waals surface area contributed by atoms with Gasteiger partial charge >= 0.3 is 0 Å². The largest absolute Gasteiger partial charge is 0.311 e. The third-order valence-electron chi connectivity index (χ3n) is 12.4. The highest BCUT2D eigenvalue weighted by Gasteiger charge is 2.35. The minimum atomic E-state index is -0.0381. The van der Waals surface area contributed by atoms with Crippen LogP contribution in [0.2, 0.25) is 0 Å². The second kappa shape index (κ2) is 13.9. The van der Waals surface area contributed by atoms with E-state index in [0.717, 1.165) is 17.1 Å². The smallest absolute Gasteiger partial charge is 0.0541 e. The van der Waals surface area contributed by atoms with E-state index >= 15 is 0 Å². The van der Waals surface area contributed by atoms with E-state index in [1.807, 2.05) is 0 Å². The van der Waals surface area contributed by atoms with Crippen LogP contribution in [-0.4, -0.2) is 4.57 Å². The van der Waals surface area contributed by atoms with Gasteiger partial charge < -0.3 is 9.47 Å². The molecule has 0 atom stereocenters. The molecule has 59 heavy (non-hydrogen) atoms. The summed E-state index contributed by atoms with van der Waals surface area (Å²) in [6.07, 6.45) is 0. The maximum absolute atomic E-state index is 2.40. The van der Waals surface area contributed by atoms with Gasteiger partial charge in [-0.05, 0) is 128 Å². The van der Waals surface area contributed by atoms with Crippen molar-refractivity contribution >= 4 is 38.9 Å². The third-order valence-corrected chi connectivity index (χ3v) is 12.4. The average molecular weight is 755 g/mol. The minimum absolute atomic E-state index is 0.0381. The first-order chi connectivity index (χ1) is 29.0. The number of aromatic nitrogens is 1. The molecule has 0 unspecified atom stereocenters. The fraction of sp³-hybridized carbons (Fsp3) is 0.0526. The van der Waals surface area contributed by atoms with Crippen LogP contribution in [0.1, 0.15) is 25.0 Å². The van der Waals surface area contributed by atoms with Crippen LogP contribution in [0, 0.1) is 0 Å². The molecule has 0 radical (unpaired) electrons. The molecule has 0 N–H and O–H groups in total. The van der Waals surface area contributed by atoms with Crippen LogP contribution in [0.3, 0.4) is 0 Å². The van der Waals surface area contributed by atoms with Crippen molar-refractivity contribution in [2.24, 2.45) is 0 Å². The highest BCUT2D eigenvalue weighted by Crippen LogP contribution is 2.49. The average Bonchev–Trinajstić information content (AvgIpc) is 3.75. The van der Waals surface area contributed by atoms with Crippen LogP contribution >= 0.6 is 0 Å². The maximum Gasteiger partial charge on any atom is 0.0541 e. The zero-order chi connectivity index (χ0) is 39.5. The van der Waals surface area contributed by atoms with Gasteiger partial charge in [-0.3, -0.25) is 0 Å². The molecule has 10 aromatic rings. The Morgan fingerprint density at radius 2 is 0.797 bits per heavy atom. The number of rotatable bonds is 7. The Balaban J connectivity index is 0.960. The molecule has 0 saturated carbocycles. The van der Waals surface area contributed by atoms with Crippen molar-refractivity contribution in [3.8, 4) is 50.2 Å². The van der Waals surface area contributed by atoms with Crippen LogP contribution in [-0.2, 0) is 5.41 Å². The molecule has 0 amide bonds. The Labute approximate surface area is 345 Å².